The van der Waals surface area contributed by atoms with Gasteiger partial charge in [0.1, 0.15) is 0 Å². The molecule has 1 atom stereocenters. The van der Waals surface area contributed by atoms with Crippen molar-refractivity contribution < 1.29 is 9.59 Å². The predicted octanol–water partition coefficient (Wildman–Crippen LogP) is 3.04. The van der Waals surface area contributed by atoms with Gasteiger partial charge in [0, 0.05) is 23.8 Å². The van der Waals surface area contributed by atoms with E-state index in [4.69, 9.17) is 5.73 Å². The van der Waals surface area contributed by atoms with Crippen LogP contribution in [0.1, 0.15) is 57.4 Å². The molecule has 3 rings (SSSR count). The normalized spacial score (nSPS) is 21.9. The van der Waals surface area contributed by atoms with Crippen molar-refractivity contribution in [3.63, 3.8) is 0 Å². The van der Waals surface area contributed by atoms with E-state index in [1.54, 1.807) is 0 Å². The molecule has 1 aromatic carbocycles. The Labute approximate surface area is 148 Å². The summed E-state index contributed by atoms with van der Waals surface area (Å²) in [4.78, 5) is 23.9. The van der Waals surface area contributed by atoms with Gasteiger partial charge in [0.05, 0.1) is 17.1 Å². The molecule has 6 nitrogen and oxygen atoms in total. The summed E-state index contributed by atoms with van der Waals surface area (Å²) in [5.74, 6) is 0.118. The molecule has 2 amide bonds. The molecule has 1 saturated carbocycles. The van der Waals surface area contributed by atoms with Crippen LogP contribution >= 0.6 is 0 Å². The highest BCUT2D eigenvalue weighted by Gasteiger charge is 2.23. The average molecular weight is 342 g/mol. The van der Waals surface area contributed by atoms with Gasteiger partial charge in [-0.05, 0) is 25.0 Å². The third kappa shape index (κ3) is 4.18. The first-order valence-electron chi connectivity index (χ1n) is 9.12. The summed E-state index contributed by atoms with van der Waals surface area (Å²) in [6, 6.07) is 5.53. The van der Waals surface area contributed by atoms with Gasteiger partial charge in [0.15, 0.2) is 0 Å². The second kappa shape index (κ2) is 7.68. The molecule has 1 aromatic rings. The first-order valence-corrected chi connectivity index (χ1v) is 9.12. The first-order chi connectivity index (χ1) is 12.0. The van der Waals surface area contributed by atoms with E-state index in [9.17, 15) is 9.59 Å². The Morgan fingerprint density at radius 2 is 1.96 bits per heavy atom. The second-order valence-electron chi connectivity index (χ2n) is 7.12. The topological polar surface area (TPSA) is 96.6 Å². The van der Waals surface area contributed by atoms with Gasteiger partial charge < -0.3 is 11.1 Å². The van der Waals surface area contributed by atoms with E-state index < -0.39 is 0 Å². The lowest BCUT2D eigenvalue weighted by Crippen LogP contribution is -2.32. The van der Waals surface area contributed by atoms with Crippen molar-refractivity contribution in [3.05, 3.63) is 23.8 Å². The van der Waals surface area contributed by atoms with Gasteiger partial charge in [0.25, 0.3) is 0 Å². The summed E-state index contributed by atoms with van der Waals surface area (Å²) in [7, 11) is 0. The van der Waals surface area contributed by atoms with Crippen molar-refractivity contribution in [2.45, 2.75) is 51.9 Å². The molecule has 1 fully saturated rings. The van der Waals surface area contributed by atoms with Gasteiger partial charge in [0.2, 0.25) is 11.8 Å². The molecule has 2 aliphatic rings. The highest BCUT2D eigenvalue weighted by atomic mass is 16.2. The van der Waals surface area contributed by atoms with Crippen molar-refractivity contribution >= 4 is 28.9 Å². The number of amides is 2. The SMILES string of the molecule is CC1CC(=O)NN=C1c1ccc(NC(=O)C2CCCCCC2)c(N)c1. The number of anilines is 2. The monoisotopic (exact) mass is 342 g/mol. The van der Waals surface area contributed by atoms with E-state index in [0.29, 0.717) is 17.8 Å². The maximum absolute atomic E-state index is 12.5. The minimum absolute atomic E-state index is 0.0413. The quantitative estimate of drug-likeness (QED) is 0.582. The fourth-order valence-corrected chi connectivity index (χ4v) is 3.61. The van der Waals surface area contributed by atoms with Crippen LogP contribution in [0.25, 0.3) is 0 Å². The van der Waals surface area contributed by atoms with E-state index in [2.05, 4.69) is 15.8 Å². The third-order valence-corrected chi connectivity index (χ3v) is 5.09. The number of nitrogens with one attached hydrogen (secondary N) is 2. The second-order valence-corrected chi connectivity index (χ2v) is 7.12. The maximum atomic E-state index is 12.5. The van der Waals surface area contributed by atoms with Crippen LogP contribution in [0.3, 0.4) is 0 Å². The van der Waals surface area contributed by atoms with Crippen LogP contribution in [-0.2, 0) is 9.59 Å². The fourth-order valence-electron chi connectivity index (χ4n) is 3.61. The van der Waals surface area contributed by atoms with E-state index in [1.807, 2.05) is 25.1 Å². The standard InChI is InChI=1S/C19H26N4O2/c1-12-10-17(24)22-23-18(12)14-8-9-16(15(20)11-14)21-19(25)13-6-4-2-3-5-7-13/h8-9,11-13H,2-7,10,20H2,1H3,(H,21,25)(H,22,24). The van der Waals surface area contributed by atoms with Crippen LogP contribution in [0.2, 0.25) is 0 Å². The first kappa shape index (κ1) is 17.5. The molecule has 1 unspecified atom stereocenters. The highest BCUT2D eigenvalue weighted by molar-refractivity contribution is 6.07. The average Bonchev–Trinajstić information content (AvgIpc) is 2.86. The third-order valence-electron chi connectivity index (χ3n) is 5.09. The van der Waals surface area contributed by atoms with Gasteiger partial charge in [-0.25, -0.2) is 5.43 Å². The zero-order valence-corrected chi connectivity index (χ0v) is 14.7. The van der Waals surface area contributed by atoms with E-state index in [1.165, 1.54) is 12.8 Å². The Morgan fingerprint density at radius 1 is 1.24 bits per heavy atom. The van der Waals surface area contributed by atoms with E-state index >= 15 is 0 Å². The van der Waals surface area contributed by atoms with Gasteiger partial charge in [-0.15, -0.1) is 0 Å². The molecule has 0 radical (unpaired) electrons. The molecule has 0 spiro atoms. The molecular formula is C19H26N4O2. The molecule has 6 heteroatoms. The van der Waals surface area contributed by atoms with Crippen LogP contribution in [-0.4, -0.2) is 17.5 Å². The Morgan fingerprint density at radius 3 is 2.60 bits per heavy atom. The molecular weight excluding hydrogens is 316 g/mol. The Bertz CT molecular complexity index is 691. The number of hydrogen-bond donors (Lipinski definition) is 3. The molecule has 0 bridgehead atoms. The van der Waals surface area contributed by atoms with Crippen LogP contribution in [0.4, 0.5) is 11.4 Å². The van der Waals surface area contributed by atoms with Crippen molar-refractivity contribution in [1.82, 2.24) is 5.43 Å². The molecule has 25 heavy (non-hydrogen) atoms. The number of rotatable bonds is 3. The number of carbonyl (C=O) groups excluding carboxylic acids is 2. The number of nitrogens with zero attached hydrogens (tertiary/aromatic N) is 1. The number of nitrogens with two attached hydrogens (primary N) is 1. The lowest BCUT2D eigenvalue weighted by Gasteiger charge is -2.20. The Balaban J connectivity index is 1.71. The summed E-state index contributed by atoms with van der Waals surface area (Å²) < 4.78 is 0. The zero-order valence-electron chi connectivity index (χ0n) is 14.7. The lowest BCUT2D eigenvalue weighted by molar-refractivity contribution is -0.122. The van der Waals surface area contributed by atoms with Crippen molar-refractivity contribution in [3.8, 4) is 0 Å². The van der Waals surface area contributed by atoms with Crippen LogP contribution < -0.4 is 16.5 Å². The number of carbonyl (C=O) groups is 2. The Hall–Kier alpha value is -2.37. The van der Waals surface area contributed by atoms with E-state index in [-0.39, 0.29) is 23.7 Å². The minimum atomic E-state index is -0.0727. The van der Waals surface area contributed by atoms with Gasteiger partial charge in [-0.1, -0.05) is 38.7 Å². The summed E-state index contributed by atoms with van der Waals surface area (Å²) in [6.45, 7) is 1.97. The van der Waals surface area contributed by atoms with Crippen molar-refractivity contribution in [2.75, 3.05) is 11.1 Å². The van der Waals surface area contributed by atoms with Gasteiger partial charge in [-0.2, -0.15) is 5.10 Å². The number of nitrogen functional groups attached to an aromatic ring is 1. The molecule has 1 aliphatic carbocycles. The zero-order chi connectivity index (χ0) is 17.8. The van der Waals surface area contributed by atoms with Crippen LogP contribution in [0, 0.1) is 11.8 Å². The molecule has 0 saturated heterocycles. The van der Waals surface area contributed by atoms with Crippen molar-refractivity contribution in [2.24, 2.45) is 16.9 Å². The summed E-state index contributed by atoms with van der Waals surface area (Å²) in [6.07, 6.45) is 7.01. The van der Waals surface area contributed by atoms with Gasteiger partial charge >= 0.3 is 0 Å². The predicted molar refractivity (Wildman–Crippen MR) is 99.1 cm³/mol. The lowest BCUT2D eigenvalue weighted by atomic mass is 9.93. The molecule has 4 N–H and O–H groups in total. The van der Waals surface area contributed by atoms with Gasteiger partial charge in [-0.3, -0.25) is 9.59 Å². The summed E-state index contributed by atoms with van der Waals surface area (Å²) in [5, 5.41) is 7.13. The summed E-state index contributed by atoms with van der Waals surface area (Å²) in [5.41, 5.74) is 11.5. The van der Waals surface area contributed by atoms with E-state index in [0.717, 1.165) is 37.0 Å². The summed E-state index contributed by atoms with van der Waals surface area (Å²) >= 11 is 0. The molecule has 1 aliphatic heterocycles. The van der Waals surface area contributed by atoms with Crippen molar-refractivity contribution in [1.29, 1.82) is 0 Å². The molecule has 0 aromatic heterocycles. The van der Waals surface area contributed by atoms with Crippen LogP contribution in [0.5, 0.6) is 0 Å². The smallest absolute Gasteiger partial charge is 0.240 e. The highest BCUT2D eigenvalue weighted by Crippen LogP contribution is 2.27. The molecule has 134 valence electrons. The van der Waals surface area contributed by atoms with Crippen LogP contribution in [0.15, 0.2) is 23.3 Å². The maximum Gasteiger partial charge on any atom is 0.240 e. The molecule has 1 heterocycles. The Kier molecular flexibility index (Phi) is 5.36. The fraction of sp³-hybridized carbons (Fsp3) is 0.526. The number of benzene rings is 1. The minimum Gasteiger partial charge on any atom is -0.397 e. The largest absolute Gasteiger partial charge is 0.397 e. The number of hydrazone groups is 1. The number of hydrogen-bond acceptors (Lipinski definition) is 4.